The average molecular weight is 222 g/mol. The Hall–Kier alpha value is -1.06. The van der Waals surface area contributed by atoms with Gasteiger partial charge in [0.15, 0.2) is 5.79 Å². The van der Waals surface area contributed by atoms with Crippen LogP contribution >= 0.6 is 0 Å². The fourth-order valence-electron chi connectivity index (χ4n) is 2.22. The molecule has 0 aromatic heterocycles. The molecule has 0 unspecified atom stereocenters. The van der Waals surface area contributed by atoms with E-state index in [0.29, 0.717) is 13.2 Å². The van der Waals surface area contributed by atoms with Gasteiger partial charge in [0.25, 0.3) is 0 Å². The van der Waals surface area contributed by atoms with Crippen LogP contribution in [0.3, 0.4) is 0 Å². The third kappa shape index (κ3) is 1.81. The van der Waals surface area contributed by atoms with Gasteiger partial charge in [0, 0.05) is 5.56 Å². The van der Waals surface area contributed by atoms with Crippen molar-refractivity contribution in [1.82, 2.24) is 0 Å². The monoisotopic (exact) mass is 222 g/mol. The maximum Gasteiger partial charge on any atom is 0.192 e. The minimum Gasteiger partial charge on any atom is -0.496 e. The van der Waals surface area contributed by atoms with Crippen LogP contribution in [0, 0.1) is 13.8 Å². The van der Waals surface area contributed by atoms with E-state index in [2.05, 4.69) is 12.1 Å². The molecule has 0 radical (unpaired) electrons. The predicted molar refractivity (Wildman–Crippen MR) is 61.7 cm³/mol. The van der Waals surface area contributed by atoms with E-state index in [9.17, 15) is 0 Å². The number of rotatable bonds is 2. The molecular weight excluding hydrogens is 204 g/mol. The Balaban J connectivity index is 2.43. The Morgan fingerprint density at radius 3 is 2.06 bits per heavy atom. The summed E-state index contributed by atoms with van der Waals surface area (Å²) in [4.78, 5) is 0. The molecule has 1 fully saturated rings. The lowest BCUT2D eigenvalue weighted by atomic mass is 10.0. The summed E-state index contributed by atoms with van der Waals surface area (Å²) in [6.45, 7) is 7.34. The second-order valence-electron chi connectivity index (χ2n) is 4.29. The Bertz CT molecular complexity index is 369. The zero-order chi connectivity index (χ0) is 11.8. The van der Waals surface area contributed by atoms with Gasteiger partial charge in [-0.3, -0.25) is 0 Å². The number of hydrogen-bond acceptors (Lipinski definition) is 3. The van der Waals surface area contributed by atoms with Gasteiger partial charge in [-0.15, -0.1) is 0 Å². The van der Waals surface area contributed by atoms with Crippen molar-refractivity contribution >= 4 is 0 Å². The molecule has 1 aromatic carbocycles. The molecule has 1 saturated heterocycles. The highest BCUT2D eigenvalue weighted by molar-refractivity contribution is 5.44. The third-order valence-electron chi connectivity index (χ3n) is 3.03. The van der Waals surface area contributed by atoms with E-state index in [-0.39, 0.29) is 0 Å². The SMILES string of the molecule is COc1c(C)cc(C2(C)OCCO2)cc1C. The molecule has 3 nitrogen and oxygen atoms in total. The minimum atomic E-state index is -0.595. The Morgan fingerprint density at radius 2 is 1.62 bits per heavy atom. The van der Waals surface area contributed by atoms with Gasteiger partial charge in [0.2, 0.25) is 0 Å². The molecule has 1 aliphatic heterocycles. The molecule has 1 aliphatic rings. The summed E-state index contributed by atoms with van der Waals surface area (Å²) in [6, 6.07) is 4.13. The Labute approximate surface area is 96.3 Å². The second-order valence-corrected chi connectivity index (χ2v) is 4.29. The van der Waals surface area contributed by atoms with Crippen molar-refractivity contribution < 1.29 is 14.2 Å². The molecule has 0 bridgehead atoms. The molecule has 3 heteroatoms. The van der Waals surface area contributed by atoms with Crippen molar-refractivity contribution in [1.29, 1.82) is 0 Å². The maximum atomic E-state index is 5.65. The molecule has 0 saturated carbocycles. The minimum absolute atomic E-state index is 0.595. The van der Waals surface area contributed by atoms with Gasteiger partial charge in [0.1, 0.15) is 5.75 Å². The molecule has 88 valence electrons. The lowest BCUT2D eigenvalue weighted by Gasteiger charge is -2.24. The van der Waals surface area contributed by atoms with E-state index >= 15 is 0 Å². The first-order valence-electron chi connectivity index (χ1n) is 5.50. The zero-order valence-electron chi connectivity index (χ0n) is 10.3. The molecule has 0 spiro atoms. The van der Waals surface area contributed by atoms with Gasteiger partial charge in [-0.1, -0.05) is 0 Å². The van der Waals surface area contributed by atoms with Crippen LogP contribution in [0.25, 0.3) is 0 Å². The molecule has 16 heavy (non-hydrogen) atoms. The molecular formula is C13H18O3. The van der Waals surface area contributed by atoms with E-state index in [1.54, 1.807) is 7.11 Å². The largest absolute Gasteiger partial charge is 0.496 e. The van der Waals surface area contributed by atoms with Gasteiger partial charge in [-0.05, 0) is 44.0 Å². The standard InChI is InChI=1S/C13H18O3/c1-9-7-11(8-10(2)12(9)14-4)13(3)15-5-6-16-13/h7-8H,5-6H2,1-4H3. The normalized spacial score (nSPS) is 18.8. The van der Waals surface area contributed by atoms with Crippen LogP contribution in [0.15, 0.2) is 12.1 Å². The van der Waals surface area contributed by atoms with Crippen molar-refractivity contribution in [3.8, 4) is 5.75 Å². The quantitative estimate of drug-likeness (QED) is 0.769. The van der Waals surface area contributed by atoms with E-state index < -0.39 is 5.79 Å². The molecule has 1 heterocycles. The average Bonchev–Trinajstić information content (AvgIpc) is 2.66. The van der Waals surface area contributed by atoms with Crippen molar-refractivity contribution in [2.45, 2.75) is 26.6 Å². The smallest absolute Gasteiger partial charge is 0.192 e. The summed E-state index contributed by atoms with van der Waals surface area (Å²) in [7, 11) is 1.69. The highest BCUT2D eigenvalue weighted by atomic mass is 16.7. The summed E-state index contributed by atoms with van der Waals surface area (Å²) >= 11 is 0. The first-order valence-corrected chi connectivity index (χ1v) is 5.50. The van der Waals surface area contributed by atoms with Crippen LogP contribution in [-0.2, 0) is 15.3 Å². The van der Waals surface area contributed by atoms with Crippen molar-refractivity contribution in [3.63, 3.8) is 0 Å². The molecule has 0 atom stereocenters. The zero-order valence-corrected chi connectivity index (χ0v) is 10.3. The molecule has 0 N–H and O–H groups in total. The number of ether oxygens (including phenoxy) is 3. The molecule has 1 aromatic rings. The highest BCUT2D eigenvalue weighted by Gasteiger charge is 2.33. The Kier molecular flexibility index (Phi) is 2.91. The maximum absolute atomic E-state index is 5.65. The summed E-state index contributed by atoms with van der Waals surface area (Å²) in [5.74, 6) is 0.340. The fraction of sp³-hybridized carbons (Fsp3) is 0.538. The van der Waals surface area contributed by atoms with Crippen molar-refractivity contribution in [2.75, 3.05) is 20.3 Å². The highest BCUT2D eigenvalue weighted by Crippen LogP contribution is 2.35. The number of benzene rings is 1. The van der Waals surface area contributed by atoms with Gasteiger partial charge in [-0.25, -0.2) is 0 Å². The van der Waals surface area contributed by atoms with Gasteiger partial charge >= 0.3 is 0 Å². The van der Waals surface area contributed by atoms with E-state index in [1.165, 1.54) is 0 Å². The fourth-order valence-corrected chi connectivity index (χ4v) is 2.22. The van der Waals surface area contributed by atoms with Crippen molar-refractivity contribution in [3.05, 3.63) is 28.8 Å². The molecule has 0 amide bonds. The van der Waals surface area contributed by atoms with E-state index in [4.69, 9.17) is 14.2 Å². The first kappa shape index (κ1) is 11.4. The van der Waals surface area contributed by atoms with Crippen LogP contribution < -0.4 is 4.74 Å². The topological polar surface area (TPSA) is 27.7 Å². The number of aryl methyl sites for hydroxylation is 2. The van der Waals surface area contributed by atoms with Gasteiger partial charge in [0.05, 0.1) is 20.3 Å². The molecule has 2 rings (SSSR count). The first-order chi connectivity index (χ1) is 7.57. The molecule has 0 aliphatic carbocycles. The summed E-state index contributed by atoms with van der Waals surface area (Å²) in [6.07, 6.45) is 0. The summed E-state index contributed by atoms with van der Waals surface area (Å²) < 4.78 is 16.6. The van der Waals surface area contributed by atoms with Crippen LogP contribution in [0.2, 0.25) is 0 Å². The van der Waals surface area contributed by atoms with E-state index in [0.717, 1.165) is 22.4 Å². The lowest BCUT2D eigenvalue weighted by Crippen LogP contribution is -2.22. The van der Waals surface area contributed by atoms with Crippen molar-refractivity contribution in [2.24, 2.45) is 0 Å². The number of methoxy groups -OCH3 is 1. The lowest BCUT2D eigenvalue weighted by molar-refractivity contribution is -0.149. The number of hydrogen-bond donors (Lipinski definition) is 0. The van der Waals surface area contributed by atoms with Gasteiger partial charge in [-0.2, -0.15) is 0 Å². The third-order valence-corrected chi connectivity index (χ3v) is 3.03. The summed E-state index contributed by atoms with van der Waals surface area (Å²) in [5.41, 5.74) is 3.27. The van der Waals surface area contributed by atoms with E-state index in [1.807, 2.05) is 20.8 Å². The second kappa shape index (κ2) is 4.07. The summed E-state index contributed by atoms with van der Waals surface area (Å²) in [5, 5.41) is 0. The van der Waals surface area contributed by atoms with Crippen LogP contribution in [0.4, 0.5) is 0 Å². The van der Waals surface area contributed by atoms with Crippen LogP contribution in [0.1, 0.15) is 23.6 Å². The predicted octanol–water partition coefficient (Wildman–Crippen LogP) is 2.53. The van der Waals surface area contributed by atoms with Crippen LogP contribution in [0.5, 0.6) is 5.75 Å². The Morgan fingerprint density at radius 1 is 1.12 bits per heavy atom. The van der Waals surface area contributed by atoms with Crippen LogP contribution in [-0.4, -0.2) is 20.3 Å². The van der Waals surface area contributed by atoms with Gasteiger partial charge < -0.3 is 14.2 Å².